The van der Waals surface area contributed by atoms with Crippen molar-refractivity contribution in [2.45, 2.75) is 63.7 Å². The molecule has 4 heterocycles. The second-order valence-corrected chi connectivity index (χ2v) is 9.52. The van der Waals surface area contributed by atoms with Crippen LogP contribution >= 0.6 is 0 Å². The molecular weight excluding hydrogens is 400 g/mol. The first-order chi connectivity index (χ1) is 15.7. The Hall–Kier alpha value is -2.93. The maximum absolute atomic E-state index is 12.8. The highest BCUT2D eigenvalue weighted by Crippen LogP contribution is 2.30. The minimum Gasteiger partial charge on any atom is -0.368 e. The first-order valence-electron chi connectivity index (χ1n) is 11.9. The number of amides is 1. The molecule has 3 atom stereocenters. The van der Waals surface area contributed by atoms with Crippen LogP contribution in [0.25, 0.3) is 11.0 Å². The molecule has 1 aromatic carbocycles. The number of aromatic nitrogens is 3. The Morgan fingerprint density at radius 2 is 1.94 bits per heavy atom. The molecule has 3 aliphatic rings. The van der Waals surface area contributed by atoms with Gasteiger partial charge in [-0.3, -0.25) is 4.79 Å². The molecule has 0 saturated carbocycles. The average molecular weight is 431 g/mol. The fourth-order valence-corrected chi connectivity index (χ4v) is 5.68. The Balaban J connectivity index is 1.13. The molecule has 1 amide bonds. The van der Waals surface area contributed by atoms with Crippen LogP contribution in [0, 0.1) is 0 Å². The van der Waals surface area contributed by atoms with Crippen molar-refractivity contribution in [3.05, 3.63) is 53.3 Å². The summed E-state index contributed by atoms with van der Waals surface area (Å²) in [6.45, 7) is 5.13. The molecule has 0 radical (unpaired) electrons. The molecular formula is C25H30N6O. The molecule has 1 aliphatic carbocycles. The van der Waals surface area contributed by atoms with Gasteiger partial charge in [-0.25, -0.2) is 0 Å². The molecule has 32 heavy (non-hydrogen) atoms. The number of hydrogen-bond donors (Lipinski definition) is 2. The number of carbonyl (C=O) groups is 1. The van der Waals surface area contributed by atoms with E-state index in [1.54, 1.807) is 0 Å². The Labute approximate surface area is 188 Å². The largest absolute Gasteiger partial charge is 0.368 e. The Bertz CT molecular complexity index is 1160. The van der Waals surface area contributed by atoms with Gasteiger partial charge in [0.25, 0.3) is 5.91 Å². The first kappa shape index (κ1) is 19.7. The van der Waals surface area contributed by atoms with Crippen molar-refractivity contribution >= 4 is 22.6 Å². The van der Waals surface area contributed by atoms with Crippen molar-refractivity contribution in [1.29, 1.82) is 0 Å². The van der Waals surface area contributed by atoms with Gasteiger partial charge in [-0.05, 0) is 74.4 Å². The summed E-state index contributed by atoms with van der Waals surface area (Å²) in [6.07, 6.45) is 7.41. The summed E-state index contributed by atoms with van der Waals surface area (Å²) in [5.74, 6) is -0.134. The van der Waals surface area contributed by atoms with Crippen LogP contribution in [0.15, 0.2) is 36.5 Å². The van der Waals surface area contributed by atoms with Gasteiger partial charge in [0.05, 0.1) is 0 Å². The number of rotatable bonds is 4. The summed E-state index contributed by atoms with van der Waals surface area (Å²) >= 11 is 0. The molecule has 0 spiro atoms. The molecule has 2 saturated heterocycles. The summed E-state index contributed by atoms with van der Waals surface area (Å²) in [5, 5.41) is 16.3. The number of anilines is 1. The van der Waals surface area contributed by atoms with Gasteiger partial charge in [-0.2, -0.15) is 0 Å². The van der Waals surface area contributed by atoms with E-state index in [2.05, 4.69) is 50.9 Å². The molecule has 2 N–H and O–H groups in total. The first-order valence-corrected chi connectivity index (χ1v) is 11.9. The minimum atomic E-state index is -0.134. The fraction of sp³-hybridized carbons (Fsp3) is 0.480. The van der Waals surface area contributed by atoms with Crippen molar-refractivity contribution < 1.29 is 4.79 Å². The predicted molar refractivity (Wildman–Crippen MR) is 125 cm³/mol. The lowest BCUT2D eigenvalue weighted by atomic mass is 9.87. The lowest BCUT2D eigenvalue weighted by Gasteiger charge is -2.35. The fourth-order valence-electron chi connectivity index (χ4n) is 5.68. The lowest BCUT2D eigenvalue weighted by molar-refractivity contribution is 0.0928. The van der Waals surface area contributed by atoms with Crippen LogP contribution in [0.2, 0.25) is 0 Å². The van der Waals surface area contributed by atoms with Crippen LogP contribution < -0.4 is 15.5 Å². The number of benzene rings is 1. The van der Waals surface area contributed by atoms with Gasteiger partial charge in [-0.1, -0.05) is 6.07 Å². The summed E-state index contributed by atoms with van der Waals surface area (Å²) in [5.41, 5.74) is 5.35. The number of hydrogen-bond acceptors (Lipinski definition) is 5. The van der Waals surface area contributed by atoms with Crippen LogP contribution in [-0.4, -0.2) is 51.9 Å². The SMILES string of the molecule is CCn1ccc2cc(C(=O)N[C@H]3CCc4cc(N5CC6CCC(C5)N6)ccc4C3)nnc21. The normalized spacial score (nSPS) is 24.5. The third kappa shape index (κ3) is 3.54. The summed E-state index contributed by atoms with van der Waals surface area (Å²) < 4.78 is 2.03. The lowest BCUT2D eigenvalue weighted by Crippen LogP contribution is -2.51. The van der Waals surface area contributed by atoms with Crippen LogP contribution in [0.1, 0.15) is 47.8 Å². The van der Waals surface area contributed by atoms with E-state index in [9.17, 15) is 4.79 Å². The van der Waals surface area contributed by atoms with Crippen molar-refractivity contribution in [1.82, 2.24) is 25.4 Å². The van der Waals surface area contributed by atoms with Crippen LogP contribution in [0.3, 0.4) is 0 Å². The summed E-state index contributed by atoms with van der Waals surface area (Å²) in [7, 11) is 0. The number of nitrogens with one attached hydrogen (secondary N) is 2. The van der Waals surface area contributed by atoms with E-state index in [1.165, 1.54) is 29.7 Å². The van der Waals surface area contributed by atoms with Gasteiger partial charge in [0.1, 0.15) is 0 Å². The smallest absolute Gasteiger partial charge is 0.272 e. The second-order valence-electron chi connectivity index (χ2n) is 9.52. The summed E-state index contributed by atoms with van der Waals surface area (Å²) in [4.78, 5) is 15.4. The Morgan fingerprint density at radius 3 is 2.75 bits per heavy atom. The van der Waals surface area contributed by atoms with Gasteiger partial charge < -0.3 is 20.1 Å². The van der Waals surface area contributed by atoms with E-state index < -0.39 is 0 Å². The van der Waals surface area contributed by atoms with E-state index in [0.717, 1.165) is 49.9 Å². The van der Waals surface area contributed by atoms with Gasteiger partial charge >= 0.3 is 0 Å². The molecule has 2 unspecified atom stereocenters. The van der Waals surface area contributed by atoms with Crippen molar-refractivity contribution in [2.75, 3.05) is 18.0 Å². The zero-order valence-corrected chi connectivity index (χ0v) is 18.6. The highest BCUT2D eigenvalue weighted by atomic mass is 16.2. The van der Waals surface area contributed by atoms with Crippen LogP contribution in [0.4, 0.5) is 5.69 Å². The average Bonchev–Trinajstić information content (AvgIpc) is 3.39. The third-order valence-corrected chi connectivity index (χ3v) is 7.42. The molecule has 3 aromatic rings. The van der Waals surface area contributed by atoms with E-state index in [0.29, 0.717) is 17.8 Å². The Kier molecular flexibility index (Phi) is 4.86. The van der Waals surface area contributed by atoms with Gasteiger partial charge in [0.15, 0.2) is 11.3 Å². The molecule has 6 rings (SSSR count). The number of aryl methyl sites for hydroxylation is 2. The molecule has 7 heteroatoms. The van der Waals surface area contributed by atoms with Crippen molar-refractivity contribution in [3.8, 4) is 0 Å². The summed E-state index contributed by atoms with van der Waals surface area (Å²) in [6, 6.07) is 12.2. The third-order valence-electron chi connectivity index (χ3n) is 7.42. The number of piperazine rings is 1. The van der Waals surface area contributed by atoms with Crippen LogP contribution in [-0.2, 0) is 19.4 Å². The van der Waals surface area contributed by atoms with E-state index in [-0.39, 0.29) is 11.9 Å². The zero-order valence-electron chi connectivity index (χ0n) is 18.6. The highest BCUT2D eigenvalue weighted by Gasteiger charge is 2.32. The Morgan fingerprint density at radius 1 is 1.09 bits per heavy atom. The quantitative estimate of drug-likeness (QED) is 0.666. The van der Waals surface area contributed by atoms with Crippen molar-refractivity contribution in [3.63, 3.8) is 0 Å². The van der Waals surface area contributed by atoms with E-state index >= 15 is 0 Å². The van der Waals surface area contributed by atoms with E-state index in [4.69, 9.17) is 0 Å². The van der Waals surface area contributed by atoms with Crippen molar-refractivity contribution in [2.24, 2.45) is 0 Å². The molecule has 2 bridgehead atoms. The minimum absolute atomic E-state index is 0.133. The number of nitrogens with zero attached hydrogens (tertiary/aromatic N) is 4. The maximum atomic E-state index is 12.8. The maximum Gasteiger partial charge on any atom is 0.272 e. The highest BCUT2D eigenvalue weighted by molar-refractivity contribution is 5.95. The molecule has 2 aliphatic heterocycles. The monoisotopic (exact) mass is 430 g/mol. The predicted octanol–water partition coefficient (Wildman–Crippen LogP) is 2.68. The molecule has 2 aromatic heterocycles. The second kappa shape index (κ2) is 7.89. The number of fused-ring (bicyclic) bond motifs is 4. The van der Waals surface area contributed by atoms with Crippen LogP contribution in [0.5, 0.6) is 0 Å². The van der Waals surface area contributed by atoms with Gasteiger partial charge in [0, 0.05) is 55.0 Å². The molecule has 2 fully saturated rings. The number of carbonyl (C=O) groups excluding carboxylic acids is 1. The van der Waals surface area contributed by atoms with E-state index in [1.807, 2.05) is 22.9 Å². The topological polar surface area (TPSA) is 75.1 Å². The molecule has 166 valence electrons. The molecule has 7 nitrogen and oxygen atoms in total. The van der Waals surface area contributed by atoms with Gasteiger partial charge in [0.2, 0.25) is 0 Å². The standard InChI is InChI=1S/C25H30N6O/c1-2-30-10-9-18-13-23(28-29-24(18)30)25(32)27-19-5-3-17-12-22(8-4-16(17)11-19)31-14-20-6-7-21(15-31)26-20/h4,8-10,12-13,19-21,26H,2-3,5-7,11,14-15H2,1H3,(H,27,32)/t19-,20?,21?/m0/s1. The zero-order chi connectivity index (χ0) is 21.7. The van der Waals surface area contributed by atoms with Gasteiger partial charge in [-0.15, -0.1) is 10.2 Å².